The molecule has 3 aromatic rings. The standard InChI is InChI=1S/C22H28N6O4/c1-14(2)24-18(30)12-15-7-9-16(10-8-15)25-17(29)6-5-11-28-13-23-20-19(28)21(31)27(4)22(32)26(20)3/h7-10,13-14H,5-6,11-12H2,1-4H3,(H,24,30)(H,25,29). The number of fused-ring (bicyclic) bond motifs is 1. The van der Waals surface area contributed by atoms with Crippen LogP contribution in [0.15, 0.2) is 40.2 Å². The largest absolute Gasteiger partial charge is 0.354 e. The van der Waals surface area contributed by atoms with Crippen LogP contribution in [0.3, 0.4) is 0 Å². The number of amides is 2. The number of aryl methyl sites for hydroxylation is 2. The maximum atomic E-state index is 12.5. The monoisotopic (exact) mass is 440 g/mol. The lowest BCUT2D eigenvalue weighted by Gasteiger charge is -2.09. The number of rotatable bonds is 8. The average Bonchev–Trinajstić information content (AvgIpc) is 3.15. The fourth-order valence-corrected chi connectivity index (χ4v) is 3.46. The Hall–Kier alpha value is -3.69. The highest BCUT2D eigenvalue weighted by Gasteiger charge is 2.14. The Morgan fingerprint density at radius 3 is 2.38 bits per heavy atom. The molecule has 2 N–H and O–H groups in total. The van der Waals surface area contributed by atoms with Crippen LogP contribution in [0.2, 0.25) is 0 Å². The summed E-state index contributed by atoms with van der Waals surface area (Å²) >= 11 is 0. The van der Waals surface area contributed by atoms with Crippen molar-refractivity contribution in [1.82, 2.24) is 24.0 Å². The van der Waals surface area contributed by atoms with E-state index in [0.717, 1.165) is 10.1 Å². The third-order valence-electron chi connectivity index (χ3n) is 5.07. The van der Waals surface area contributed by atoms with Crippen molar-refractivity contribution in [2.45, 2.75) is 45.7 Å². The van der Waals surface area contributed by atoms with E-state index in [2.05, 4.69) is 15.6 Å². The Morgan fingerprint density at radius 1 is 1.03 bits per heavy atom. The van der Waals surface area contributed by atoms with Gasteiger partial charge in [0.25, 0.3) is 5.56 Å². The minimum atomic E-state index is -0.432. The molecule has 10 nitrogen and oxygen atoms in total. The summed E-state index contributed by atoms with van der Waals surface area (Å²) in [5.74, 6) is -0.196. The summed E-state index contributed by atoms with van der Waals surface area (Å²) in [6.45, 7) is 4.24. The number of nitrogens with zero attached hydrogens (tertiary/aromatic N) is 4. The molecule has 0 saturated carbocycles. The quantitative estimate of drug-likeness (QED) is 0.540. The number of carbonyl (C=O) groups excluding carboxylic acids is 2. The van der Waals surface area contributed by atoms with Crippen molar-refractivity contribution in [3.63, 3.8) is 0 Å². The lowest BCUT2D eigenvalue weighted by Crippen LogP contribution is -2.37. The Labute approximate surface area is 184 Å². The van der Waals surface area contributed by atoms with Gasteiger partial charge in [-0.25, -0.2) is 9.78 Å². The molecule has 1 aromatic carbocycles. The van der Waals surface area contributed by atoms with Gasteiger partial charge < -0.3 is 15.2 Å². The lowest BCUT2D eigenvalue weighted by atomic mass is 10.1. The van der Waals surface area contributed by atoms with E-state index < -0.39 is 11.2 Å². The number of nitrogens with one attached hydrogen (secondary N) is 2. The normalized spacial score (nSPS) is 11.2. The van der Waals surface area contributed by atoms with Crippen LogP contribution in [0.4, 0.5) is 5.69 Å². The van der Waals surface area contributed by atoms with Crippen molar-refractivity contribution in [3.05, 3.63) is 57.0 Å². The Bertz CT molecular complexity index is 1250. The number of hydrogen-bond donors (Lipinski definition) is 2. The minimum absolute atomic E-state index is 0.0429. The lowest BCUT2D eigenvalue weighted by molar-refractivity contribution is -0.121. The number of hydrogen-bond acceptors (Lipinski definition) is 5. The molecule has 0 saturated heterocycles. The minimum Gasteiger partial charge on any atom is -0.354 e. The molecule has 2 heterocycles. The van der Waals surface area contributed by atoms with Crippen LogP contribution in [0, 0.1) is 0 Å². The van der Waals surface area contributed by atoms with Gasteiger partial charge in [-0.15, -0.1) is 0 Å². The van der Waals surface area contributed by atoms with Crippen LogP contribution in [-0.4, -0.2) is 36.5 Å². The molecule has 170 valence electrons. The second-order valence-corrected chi connectivity index (χ2v) is 8.06. The smallest absolute Gasteiger partial charge is 0.332 e. The highest BCUT2D eigenvalue weighted by Crippen LogP contribution is 2.12. The number of carbonyl (C=O) groups is 2. The molecule has 10 heteroatoms. The van der Waals surface area contributed by atoms with Crippen molar-refractivity contribution < 1.29 is 9.59 Å². The van der Waals surface area contributed by atoms with Crippen molar-refractivity contribution >= 4 is 28.7 Å². The Kier molecular flexibility index (Phi) is 6.92. The Morgan fingerprint density at radius 2 is 1.72 bits per heavy atom. The van der Waals surface area contributed by atoms with Crippen LogP contribution in [0.5, 0.6) is 0 Å². The summed E-state index contributed by atoms with van der Waals surface area (Å²) in [7, 11) is 2.99. The van der Waals surface area contributed by atoms with Crippen molar-refractivity contribution in [3.8, 4) is 0 Å². The van der Waals surface area contributed by atoms with Gasteiger partial charge in [-0.2, -0.15) is 0 Å². The summed E-state index contributed by atoms with van der Waals surface area (Å²) in [5.41, 5.74) is 1.34. The van der Waals surface area contributed by atoms with Crippen LogP contribution in [0.25, 0.3) is 11.2 Å². The molecule has 0 fully saturated rings. The maximum Gasteiger partial charge on any atom is 0.332 e. The number of anilines is 1. The maximum absolute atomic E-state index is 12.5. The molecule has 3 rings (SSSR count). The molecule has 0 aliphatic rings. The summed E-state index contributed by atoms with van der Waals surface area (Å²) in [6.07, 6.45) is 2.55. The second-order valence-electron chi connectivity index (χ2n) is 8.06. The van der Waals surface area contributed by atoms with Gasteiger partial charge in [0.1, 0.15) is 0 Å². The average molecular weight is 441 g/mol. The van der Waals surface area contributed by atoms with Crippen LogP contribution >= 0.6 is 0 Å². The summed E-state index contributed by atoms with van der Waals surface area (Å²) in [6, 6.07) is 7.25. The number of imidazole rings is 1. The molecule has 0 bridgehead atoms. The SMILES string of the molecule is CC(C)NC(=O)Cc1ccc(NC(=O)CCCn2cnc3c2c(=O)n(C)c(=O)n3C)cc1. The summed E-state index contributed by atoms with van der Waals surface area (Å²) in [4.78, 5) is 52.8. The van der Waals surface area contributed by atoms with Crippen molar-refractivity contribution in [2.75, 3.05) is 5.32 Å². The van der Waals surface area contributed by atoms with Gasteiger partial charge in [-0.1, -0.05) is 12.1 Å². The third kappa shape index (κ3) is 5.13. The van der Waals surface area contributed by atoms with E-state index in [9.17, 15) is 19.2 Å². The van der Waals surface area contributed by atoms with E-state index in [1.165, 1.54) is 17.9 Å². The molecule has 0 radical (unpaired) electrons. The summed E-state index contributed by atoms with van der Waals surface area (Å²) in [5, 5.41) is 5.68. The highest BCUT2D eigenvalue weighted by atomic mass is 16.2. The molecular formula is C22H28N6O4. The van der Waals surface area contributed by atoms with E-state index in [1.807, 2.05) is 26.0 Å². The van der Waals surface area contributed by atoms with E-state index in [-0.39, 0.29) is 30.7 Å². The van der Waals surface area contributed by atoms with Gasteiger partial charge in [-0.05, 0) is 38.0 Å². The summed E-state index contributed by atoms with van der Waals surface area (Å²) < 4.78 is 4.04. The predicted molar refractivity (Wildman–Crippen MR) is 122 cm³/mol. The fraction of sp³-hybridized carbons (Fsp3) is 0.409. The van der Waals surface area contributed by atoms with Gasteiger partial charge in [-0.3, -0.25) is 23.5 Å². The van der Waals surface area contributed by atoms with E-state index in [0.29, 0.717) is 29.8 Å². The van der Waals surface area contributed by atoms with E-state index in [4.69, 9.17) is 0 Å². The first kappa shape index (κ1) is 23.0. The van der Waals surface area contributed by atoms with Crippen molar-refractivity contribution in [2.24, 2.45) is 14.1 Å². The number of aromatic nitrogens is 4. The fourth-order valence-electron chi connectivity index (χ4n) is 3.46. The van der Waals surface area contributed by atoms with Gasteiger partial charge in [0.2, 0.25) is 11.8 Å². The molecule has 0 atom stereocenters. The van der Waals surface area contributed by atoms with Gasteiger partial charge >= 0.3 is 5.69 Å². The molecule has 2 amide bonds. The van der Waals surface area contributed by atoms with E-state index >= 15 is 0 Å². The highest BCUT2D eigenvalue weighted by molar-refractivity contribution is 5.90. The van der Waals surface area contributed by atoms with Gasteiger partial charge in [0.15, 0.2) is 11.2 Å². The first-order chi connectivity index (χ1) is 15.2. The zero-order valence-corrected chi connectivity index (χ0v) is 18.7. The molecule has 0 aliphatic carbocycles. The third-order valence-corrected chi connectivity index (χ3v) is 5.07. The molecular weight excluding hydrogens is 412 g/mol. The topological polar surface area (TPSA) is 120 Å². The van der Waals surface area contributed by atoms with Crippen LogP contribution in [-0.2, 0) is 36.6 Å². The Balaban J connectivity index is 1.55. The molecule has 0 spiro atoms. The predicted octanol–water partition coefficient (Wildman–Crippen LogP) is 0.920. The second kappa shape index (κ2) is 9.63. The first-order valence-electron chi connectivity index (χ1n) is 10.5. The van der Waals surface area contributed by atoms with Gasteiger partial charge in [0, 0.05) is 38.8 Å². The zero-order chi connectivity index (χ0) is 23.4. The van der Waals surface area contributed by atoms with Gasteiger partial charge in [0.05, 0.1) is 12.7 Å². The van der Waals surface area contributed by atoms with Crippen molar-refractivity contribution in [1.29, 1.82) is 0 Å². The van der Waals surface area contributed by atoms with Crippen LogP contribution in [0.1, 0.15) is 32.3 Å². The molecule has 0 unspecified atom stereocenters. The molecule has 32 heavy (non-hydrogen) atoms. The van der Waals surface area contributed by atoms with Crippen LogP contribution < -0.4 is 21.9 Å². The first-order valence-corrected chi connectivity index (χ1v) is 10.5. The zero-order valence-electron chi connectivity index (χ0n) is 18.7. The number of benzene rings is 1. The molecule has 0 aliphatic heterocycles. The van der Waals surface area contributed by atoms with E-state index in [1.54, 1.807) is 23.7 Å². The molecule has 2 aromatic heterocycles.